The third kappa shape index (κ3) is 4.82. The number of rotatable bonds is 4. The highest BCUT2D eigenvalue weighted by atomic mass is 32.1. The fourth-order valence-corrected chi connectivity index (χ4v) is 2.89. The highest BCUT2D eigenvalue weighted by Gasteiger charge is 2.32. The molecule has 0 bridgehead atoms. The molecule has 1 amide bonds. The number of hydrogen-bond acceptors (Lipinski definition) is 4. The molecule has 3 rings (SSSR count). The van der Waals surface area contributed by atoms with Crippen LogP contribution in [0.2, 0.25) is 0 Å². The average molecular weight is 396 g/mol. The number of benzene rings is 1. The van der Waals surface area contributed by atoms with E-state index in [-0.39, 0.29) is 16.6 Å². The largest absolute Gasteiger partial charge is 0.428 e. The highest BCUT2D eigenvalue weighted by molar-refractivity contribution is 7.13. The topological polar surface area (TPSA) is 51.2 Å². The van der Waals surface area contributed by atoms with Gasteiger partial charge in [0.15, 0.2) is 5.06 Å². The predicted octanol–water partition coefficient (Wildman–Crippen LogP) is 5.65. The summed E-state index contributed by atoms with van der Waals surface area (Å²) < 4.78 is 56.3. The van der Waals surface area contributed by atoms with Crippen LogP contribution in [0.1, 0.15) is 20.9 Å². The Morgan fingerprint density at radius 3 is 2.44 bits per heavy atom. The van der Waals surface area contributed by atoms with Crippen molar-refractivity contribution in [2.75, 3.05) is 5.32 Å². The van der Waals surface area contributed by atoms with Gasteiger partial charge in [-0.15, -0.1) is 0 Å². The van der Waals surface area contributed by atoms with Gasteiger partial charge in [0.05, 0.1) is 0 Å². The van der Waals surface area contributed by atoms with E-state index in [0.29, 0.717) is 22.6 Å². The molecular formula is C18H12F4N2O2S. The number of thiophene rings is 1. The molecule has 0 aliphatic carbocycles. The van der Waals surface area contributed by atoms with Crippen LogP contribution in [0.5, 0.6) is 10.9 Å². The van der Waals surface area contributed by atoms with Crippen molar-refractivity contribution >= 4 is 22.9 Å². The maximum atomic E-state index is 12.9. The number of carbonyl (C=O) groups is 1. The van der Waals surface area contributed by atoms with Crippen molar-refractivity contribution in [3.63, 3.8) is 0 Å². The lowest BCUT2D eigenvalue weighted by Crippen LogP contribution is -2.14. The molecule has 0 unspecified atom stereocenters. The van der Waals surface area contributed by atoms with Gasteiger partial charge in [0.25, 0.3) is 5.91 Å². The van der Waals surface area contributed by atoms with Crippen molar-refractivity contribution < 1.29 is 27.1 Å². The minimum absolute atomic E-state index is 0.00479. The number of hydrogen-bond donors (Lipinski definition) is 1. The summed E-state index contributed by atoms with van der Waals surface area (Å²) in [4.78, 5) is 15.6. The molecule has 27 heavy (non-hydrogen) atoms. The summed E-state index contributed by atoms with van der Waals surface area (Å²) >= 11 is 0.435. The molecule has 0 aliphatic rings. The average Bonchev–Trinajstić information content (AvgIpc) is 3.05. The first-order chi connectivity index (χ1) is 12.7. The molecule has 0 spiro atoms. The van der Waals surface area contributed by atoms with Crippen molar-refractivity contribution in [1.29, 1.82) is 0 Å². The summed E-state index contributed by atoms with van der Waals surface area (Å²) in [6.45, 7) is 1.69. The number of nitrogens with zero attached hydrogens (tertiary/aromatic N) is 1. The number of carbonyl (C=O) groups excluding carboxylic acids is 1. The number of alkyl halides is 3. The summed E-state index contributed by atoms with van der Waals surface area (Å²) in [6.07, 6.45) is -4.45. The van der Waals surface area contributed by atoms with Gasteiger partial charge in [-0.3, -0.25) is 4.79 Å². The van der Waals surface area contributed by atoms with Gasteiger partial charge in [-0.2, -0.15) is 13.2 Å². The van der Waals surface area contributed by atoms with Gasteiger partial charge in [-0.1, -0.05) is 11.3 Å². The smallest absolute Gasteiger partial charge is 0.425 e. The van der Waals surface area contributed by atoms with E-state index in [2.05, 4.69) is 10.3 Å². The Labute approximate surface area is 155 Å². The molecule has 2 aromatic heterocycles. The zero-order valence-corrected chi connectivity index (χ0v) is 14.6. The molecule has 0 aliphatic heterocycles. The maximum Gasteiger partial charge on any atom is 0.425 e. The minimum atomic E-state index is -4.45. The summed E-state index contributed by atoms with van der Waals surface area (Å²) in [7, 11) is 0. The molecule has 1 aromatic carbocycles. The van der Waals surface area contributed by atoms with E-state index in [4.69, 9.17) is 4.74 Å². The van der Waals surface area contributed by atoms with Crippen molar-refractivity contribution in [3.8, 4) is 10.9 Å². The third-order valence-electron chi connectivity index (χ3n) is 3.35. The summed E-state index contributed by atoms with van der Waals surface area (Å²) in [6, 6.07) is 10.3. The molecule has 9 heteroatoms. The molecule has 3 aromatic rings. The van der Waals surface area contributed by atoms with Crippen molar-refractivity contribution in [2.24, 2.45) is 0 Å². The van der Waals surface area contributed by atoms with E-state index < -0.39 is 22.8 Å². The molecule has 0 radical (unpaired) electrons. The Balaban J connectivity index is 1.78. The Bertz CT molecular complexity index is 968. The maximum absolute atomic E-state index is 12.9. The number of anilines is 1. The Hall–Kier alpha value is -2.94. The Kier molecular flexibility index (Phi) is 5.13. The van der Waals surface area contributed by atoms with Crippen LogP contribution in [0.25, 0.3) is 0 Å². The lowest BCUT2D eigenvalue weighted by Gasteiger charge is -2.08. The second-order valence-corrected chi connectivity index (χ2v) is 6.59. The highest BCUT2D eigenvalue weighted by Crippen LogP contribution is 2.39. The molecule has 0 saturated carbocycles. The number of halogens is 4. The molecular weight excluding hydrogens is 384 g/mol. The molecule has 0 atom stereocenters. The minimum Gasteiger partial charge on any atom is -0.428 e. The normalized spacial score (nSPS) is 11.3. The lowest BCUT2D eigenvalue weighted by atomic mass is 10.2. The van der Waals surface area contributed by atoms with Gasteiger partial charge < -0.3 is 10.1 Å². The van der Waals surface area contributed by atoms with Crippen molar-refractivity contribution in [3.05, 3.63) is 70.5 Å². The van der Waals surface area contributed by atoms with Crippen LogP contribution in [0.15, 0.2) is 48.5 Å². The van der Waals surface area contributed by atoms with Crippen molar-refractivity contribution in [2.45, 2.75) is 13.1 Å². The Morgan fingerprint density at radius 1 is 1.11 bits per heavy atom. The molecule has 2 heterocycles. The van der Waals surface area contributed by atoms with E-state index in [1.165, 1.54) is 42.5 Å². The first-order valence-corrected chi connectivity index (χ1v) is 8.43. The third-order valence-corrected chi connectivity index (χ3v) is 4.35. The Morgan fingerprint density at radius 2 is 1.81 bits per heavy atom. The van der Waals surface area contributed by atoms with Crippen molar-refractivity contribution in [1.82, 2.24) is 4.98 Å². The summed E-state index contributed by atoms with van der Waals surface area (Å²) in [5, 5.41) is 2.56. The monoisotopic (exact) mass is 396 g/mol. The summed E-state index contributed by atoms with van der Waals surface area (Å²) in [5.41, 5.74) is 1.03. The number of ether oxygens (including phenoxy) is 1. The molecule has 0 saturated heterocycles. The fraction of sp³-hybridized carbons (Fsp3) is 0.111. The zero-order chi connectivity index (χ0) is 19.6. The lowest BCUT2D eigenvalue weighted by molar-refractivity contribution is -0.134. The van der Waals surface area contributed by atoms with Crippen LogP contribution in [0, 0.1) is 12.7 Å². The van der Waals surface area contributed by atoms with Gasteiger partial charge in [0.1, 0.15) is 16.4 Å². The number of pyridine rings is 1. The van der Waals surface area contributed by atoms with Crippen LogP contribution in [0.3, 0.4) is 0 Å². The SMILES string of the molecule is Cc1cc(Oc2ccc(C(F)(F)F)s2)nc(C(=O)Nc2ccc(F)cc2)c1. The molecule has 4 nitrogen and oxygen atoms in total. The van der Waals surface area contributed by atoms with E-state index in [0.717, 1.165) is 6.07 Å². The fourth-order valence-electron chi connectivity index (χ4n) is 2.16. The first-order valence-electron chi connectivity index (χ1n) is 7.61. The van der Waals surface area contributed by atoms with Gasteiger partial charge >= 0.3 is 6.18 Å². The number of aryl methyl sites for hydroxylation is 1. The van der Waals surface area contributed by atoms with Crippen LogP contribution in [-0.4, -0.2) is 10.9 Å². The van der Waals surface area contributed by atoms with Crippen LogP contribution in [-0.2, 0) is 6.18 Å². The van der Waals surface area contributed by atoms with E-state index >= 15 is 0 Å². The van der Waals surface area contributed by atoms with Gasteiger partial charge in [-0.25, -0.2) is 9.37 Å². The molecule has 0 fully saturated rings. The zero-order valence-electron chi connectivity index (χ0n) is 13.8. The molecule has 140 valence electrons. The summed E-state index contributed by atoms with van der Waals surface area (Å²) in [5.74, 6) is -1.00. The van der Waals surface area contributed by atoms with E-state index in [1.807, 2.05) is 0 Å². The molecule has 1 N–H and O–H groups in total. The standard InChI is InChI=1S/C18H12F4N2O2S/c1-10-8-13(17(25)23-12-4-2-11(19)3-5-12)24-15(9-10)26-16-7-6-14(27-16)18(20,21)22/h2-9H,1H3,(H,23,25). The van der Waals surface area contributed by atoms with Gasteiger partial charge in [0, 0.05) is 11.8 Å². The number of amides is 1. The number of aromatic nitrogens is 1. The van der Waals surface area contributed by atoms with Crippen LogP contribution >= 0.6 is 11.3 Å². The van der Waals surface area contributed by atoms with Crippen LogP contribution in [0.4, 0.5) is 23.2 Å². The second kappa shape index (κ2) is 7.36. The second-order valence-electron chi connectivity index (χ2n) is 5.55. The number of nitrogens with one attached hydrogen (secondary N) is 1. The van der Waals surface area contributed by atoms with Gasteiger partial charge in [-0.05, 0) is 55.0 Å². The van der Waals surface area contributed by atoms with E-state index in [1.54, 1.807) is 6.92 Å². The van der Waals surface area contributed by atoms with Crippen LogP contribution < -0.4 is 10.1 Å². The van der Waals surface area contributed by atoms with E-state index in [9.17, 15) is 22.4 Å². The van der Waals surface area contributed by atoms with Gasteiger partial charge in [0.2, 0.25) is 5.88 Å². The predicted molar refractivity (Wildman–Crippen MR) is 92.7 cm³/mol. The first kappa shape index (κ1) is 18.8. The quantitative estimate of drug-likeness (QED) is 0.580.